The number of nitrogens with zero attached hydrogens (tertiary/aromatic N) is 1. The topological polar surface area (TPSA) is 111 Å². The number of hydrogen-bond donors (Lipinski definition) is 2. The van der Waals surface area contributed by atoms with Crippen LogP contribution in [0.2, 0.25) is 0 Å². The molecule has 0 aliphatic heterocycles. The Morgan fingerprint density at radius 2 is 0.844 bits per heavy atom. The third-order valence-electron chi connectivity index (χ3n) is 13.5. The largest absolute Gasteiger partial charge is 0.472 e. The van der Waals surface area contributed by atoms with Crippen LogP contribution in [0.25, 0.3) is 0 Å². The van der Waals surface area contributed by atoms with Crippen molar-refractivity contribution >= 4 is 19.7 Å². The maximum absolute atomic E-state index is 13.5. The number of carbonyl (C=O) groups excluding carboxylic acids is 2. The van der Waals surface area contributed by atoms with Crippen LogP contribution in [0.4, 0.5) is 0 Å². The zero-order chi connectivity index (χ0) is 56.4. The van der Waals surface area contributed by atoms with Crippen LogP contribution in [0.5, 0.6) is 0 Å². The molecule has 0 aromatic carbocycles. The highest BCUT2D eigenvalue weighted by Crippen LogP contribution is 2.43. The lowest BCUT2D eigenvalue weighted by Crippen LogP contribution is -2.47. The minimum atomic E-state index is -4.46. The van der Waals surface area contributed by atoms with E-state index in [2.05, 4.69) is 105 Å². The number of allylic oxidation sites excluding steroid dienone is 15. The minimum absolute atomic E-state index is 0.0285. The number of unbranched alkanes of at least 4 members (excludes halogenated alkanes) is 26. The predicted molar refractivity (Wildman–Crippen MR) is 332 cm³/mol. The maximum Gasteiger partial charge on any atom is 0.472 e. The van der Waals surface area contributed by atoms with Crippen LogP contribution >= 0.6 is 7.82 Å². The summed E-state index contributed by atoms with van der Waals surface area (Å²) in [4.78, 5) is 37.6. The summed E-state index contributed by atoms with van der Waals surface area (Å²) in [7, 11) is 1.46. The quantitative estimate of drug-likeness (QED) is 0.0205. The molecule has 0 aliphatic rings. The molecule has 0 spiro atoms. The number of carbonyl (C=O) groups is 2. The second-order valence-electron chi connectivity index (χ2n) is 22.2. The first-order valence-electron chi connectivity index (χ1n) is 31.6. The first kappa shape index (κ1) is 73.9. The monoisotopic (exact) mass is 1100 g/mol. The SMILES string of the molecule is CC/C=C\C/C=C\C/C=C\C/C=C\C/C=C\CCCCCCCCCCCCCC(=O)NC(COP(=O)(O)OCC[N+](C)(C)C)C(/C=C\CCCCCCCCCCC)OC(=O)CC/C=C/C/C=C\CCCCCCCC. The number of rotatable bonds is 56. The molecule has 0 rings (SSSR count). The van der Waals surface area contributed by atoms with E-state index in [0.717, 1.165) is 96.3 Å². The fourth-order valence-corrected chi connectivity index (χ4v) is 9.40. The van der Waals surface area contributed by atoms with Crippen molar-refractivity contribution in [3.63, 3.8) is 0 Å². The highest BCUT2D eigenvalue weighted by atomic mass is 31.2. The zero-order valence-corrected chi connectivity index (χ0v) is 51.6. The molecule has 0 aliphatic carbocycles. The number of phosphoric acid groups is 1. The smallest absolute Gasteiger partial charge is 0.456 e. The van der Waals surface area contributed by atoms with Crippen LogP contribution in [0.3, 0.4) is 0 Å². The minimum Gasteiger partial charge on any atom is -0.456 e. The third kappa shape index (κ3) is 57.4. The van der Waals surface area contributed by atoms with Crippen molar-refractivity contribution in [2.45, 2.75) is 277 Å². The van der Waals surface area contributed by atoms with E-state index in [1.807, 2.05) is 39.4 Å². The van der Waals surface area contributed by atoms with E-state index in [1.54, 1.807) is 0 Å². The van der Waals surface area contributed by atoms with Gasteiger partial charge in [0, 0.05) is 12.8 Å². The Morgan fingerprint density at radius 1 is 0.468 bits per heavy atom. The summed E-state index contributed by atoms with van der Waals surface area (Å²) in [6.07, 6.45) is 75.7. The Kier molecular flexibility index (Phi) is 54.0. The molecule has 2 N–H and O–H groups in total. The Balaban J connectivity index is 5.10. The van der Waals surface area contributed by atoms with Gasteiger partial charge in [-0.05, 0) is 96.0 Å². The fraction of sp³-hybridized carbons (Fsp3) is 0.731. The van der Waals surface area contributed by atoms with E-state index in [4.69, 9.17) is 13.8 Å². The van der Waals surface area contributed by atoms with Crippen molar-refractivity contribution in [3.05, 3.63) is 97.2 Å². The second kappa shape index (κ2) is 56.2. The van der Waals surface area contributed by atoms with E-state index in [1.165, 1.54) is 128 Å². The Bertz CT molecular complexity index is 1640. The van der Waals surface area contributed by atoms with Crippen molar-refractivity contribution in [1.29, 1.82) is 0 Å². The van der Waals surface area contributed by atoms with E-state index in [-0.39, 0.29) is 25.5 Å². The number of ether oxygens (including phenoxy) is 1. The highest BCUT2D eigenvalue weighted by Gasteiger charge is 2.30. The van der Waals surface area contributed by atoms with Crippen LogP contribution < -0.4 is 5.32 Å². The van der Waals surface area contributed by atoms with E-state index < -0.39 is 25.9 Å². The molecule has 0 heterocycles. The second-order valence-corrected chi connectivity index (χ2v) is 23.6. The molecule has 0 bridgehead atoms. The third-order valence-corrected chi connectivity index (χ3v) is 14.5. The molecule has 3 unspecified atom stereocenters. The summed E-state index contributed by atoms with van der Waals surface area (Å²) in [5.41, 5.74) is 0. The first-order chi connectivity index (χ1) is 37.4. The van der Waals surface area contributed by atoms with Gasteiger partial charge in [-0.1, -0.05) is 253 Å². The van der Waals surface area contributed by atoms with E-state index in [9.17, 15) is 19.0 Å². The van der Waals surface area contributed by atoms with Gasteiger partial charge in [0.05, 0.1) is 33.8 Å². The van der Waals surface area contributed by atoms with Crippen LogP contribution in [-0.2, 0) is 27.9 Å². The predicted octanol–water partition coefficient (Wildman–Crippen LogP) is 19.6. The molecule has 3 atom stereocenters. The van der Waals surface area contributed by atoms with Crippen molar-refractivity contribution in [2.75, 3.05) is 40.9 Å². The van der Waals surface area contributed by atoms with Crippen LogP contribution in [-0.4, -0.2) is 74.3 Å². The van der Waals surface area contributed by atoms with Gasteiger partial charge in [-0.2, -0.15) is 0 Å². The standard InChI is InChI=1S/C67H119N2O7P/c1-7-10-13-16-19-22-25-27-28-29-30-31-32-33-34-35-36-37-38-39-40-42-44-47-50-53-56-59-66(70)68-64(63-75-77(72,73)74-62-61-69(4,5)6)65(58-55-52-49-46-43-24-21-18-15-12-9-3)76-67(71)60-57-54-51-48-45-41-26-23-20-17-14-11-8-2/h10,13,19,22,27-28,30-31,33-34,41,45,51,54-55,58,64-65H,7-9,11-12,14-18,20-21,23-26,29,32,35-40,42-44,46-50,52-53,56-57,59-63H2,1-6H3,(H-,68,70,72,73)/p+1/b13-10-,22-19-,28-27-,31-30-,34-33-,45-41-,54-51+,58-55-. The average Bonchev–Trinajstić information content (AvgIpc) is 3.39. The molecule has 1 amide bonds. The molecule has 0 fully saturated rings. The molecule has 444 valence electrons. The summed E-state index contributed by atoms with van der Waals surface area (Å²) >= 11 is 0. The van der Waals surface area contributed by atoms with Gasteiger partial charge in [-0.15, -0.1) is 0 Å². The van der Waals surface area contributed by atoms with Gasteiger partial charge in [0.2, 0.25) is 5.91 Å². The molecule has 0 saturated carbocycles. The van der Waals surface area contributed by atoms with Crippen molar-refractivity contribution in [1.82, 2.24) is 5.32 Å². The van der Waals surface area contributed by atoms with Gasteiger partial charge in [-0.3, -0.25) is 18.6 Å². The summed E-state index contributed by atoms with van der Waals surface area (Å²) in [6, 6.07) is -0.876. The molecular weight excluding hydrogens is 976 g/mol. The molecule has 0 aromatic heterocycles. The summed E-state index contributed by atoms with van der Waals surface area (Å²) in [5.74, 6) is -0.589. The van der Waals surface area contributed by atoms with Gasteiger partial charge >= 0.3 is 13.8 Å². The van der Waals surface area contributed by atoms with Crippen molar-refractivity contribution < 1.29 is 37.3 Å². The number of likely N-dealkylation sites (N-methyl/N-ethyl adjacent to an activating group) is 1. The molecule has 10 heteroatoms. The summed E-state index contributed by atoms with van der Waals surface area (Å²) < 4.78 is 30.6. The summed E-state index contributed by atoms with van der Waals surface area (Å²) in [5, 5.41) is 3.04. The van der Waals surface area contributed by atoms with Crippen molar-refractivity contribution in [3.8, 4) is 0 Å². The average molecular weight is 1100 g/mol. The van der Waals surface area contributed by atoms with Gasteiger partial charge in [0.1, 0.15) is 19.3 Å². The number of amides is 1. The molecule has 9 nitrogen and oxygen atoms in total. The summed E-state index contributed by atoms with van der Waals surface area (Å²) in [6.45, 7) is 6.84. The van der Waals surface area contributed by atoms with E-state index in [0.29, 0.717) is 23.9 Å². The maximum atomic E-state index is 13.5. The molecular formula is C67H120N2O7P+. The molecule has 0 saturated heterocycles. The van der Waals surface area contributed by atoms with Gasteiger partial charge in [0.15, 0.2) is 0 Å². The number of quaternary nitrogens is 1. The normalized spacial score (nSPS) is 14.3. The van der Waals surface area contributed by atoms with Gasteiger partial charge in [0.25, 0.3) is 0 Å². The van der Waals surface area contributed by atoms with Gasteiger partial charge in [-0.25, -0.2) is 4.57 Å². The Labute approximate surface area is 475 Å². The Hall–Kier alpha value is -3.07. The zero-order valence-electron chi connectivity index (χ0n) is 50.7. The van der Waals surface area contributed by atoms with Gasteiger partial charge < -0.3 is 19.4 Å². The molecule has 0 radical (unpaired) electrons. The number of phosphoric ester groups is 1. The first-order valence-corrected chi connectivity index (χ1v) is 33.1. The number of esters is 1. The highest BCUT2D eigenvalue weighted by molar-refractivity contribution is 7.47. The van der Waals surface area contributed by atoms with Crippen molar-refractivity contribution in [2.24, 2.45) is 0 Å². The van der Waals surface area contributed by atoms with E-state index >= 15 is 0 Å². The lowest BCUT2D eigenvalue weighted by Gasteiger charge is -2.27. The lowest BCUT2D eigenvalue weighted by molar-refractivity contribution is -0.870. The fourth-order valence-electron chi connectivity index (χ4n) is 8.67. The molecule has 77 heavy (non-hydrogen) atoms. The molecule has 0 aromatic rings. The van der Waals surface area contributed by atoms with Crippen LogP contribution in [0.15, 0.2) is 97.2 Å². The van der Waals surface area contributed by atoms with Crippen LogP contribution in [0.1, 0.15) is 265 Å². The number of nitrogens with one attached hydrogen (secondary N) is 1. The Morgan fingerprint density at radius 3 is 1.27 bits per heavy atom. The number of hydrogen-bond acceptors (Lipinski definition) is 6. The lowest BCUT2D eigenvalue weighted by atomic mass is 10.0. The van der Waals surface area contributed by atoms with Crippen LogP contribution in [0, 0.1) is 0 Å².